The summed E-state index contributed by atoms with van der Waals surface area (Å²) in [5, 5.41) is 2.75. The second kappa shape index (κ2) is 10.6. The number of sulfonamides is 1. The van der Waals surface area contributed by atoms with Gasteiger partial charge in [-0.2, -0.15) is 4.72 Å². The molecular weight excluding hydrogens is 368 g/mol. The Bertz CT molecular complexity index is 685. The van der Waals surface area contributed by atoms with E-state index in [1.807, 2.05) is 0 Å². The van der Waals surface area contributed by atoms with Crippen LogP contribution in [0.4, 0.5) is 0 Å². The molecule has 0 saturated heterocycles. The number of benzene rings is 1. The molecule has 0 unspecified atom stereocenters. The maximum atomic E-state index is 12.3. The van der Waals surface area contributed by atoms with Crippen molar-refractivity contribution in [1.82, 2.24) is 10.0 Å². The van der Waals surface area contributed by atoms with Gasteiger partial charge in [0.1, 0.15) is 5.75 Å². The number of nitrogens with one attached hydrogen (secondary N) is 2. The fourth-order valence-corrected chi connectivity index (χ4v) is 4.23. The zero-order valence-electron chi connectivity index (χ0n) is 16.1. The molecule has 2 N–H and O–H groups in total. The van der Waals surface area contributed by atoms with Crippen molar-refractivity contribution in [2.75, 3.05) is 20.3 Å². The van der Waals surface area contributed by atoms with Gasteiger partial charge < -0.3 is 14.8 Å². The van der Waals surface area contributed by atoms with Gasteiger partial charge in [-0.1, -0.05) is 19.3 Å². The summed E-state index contributed by atoms with van der Waals surface area (Å²) >= 11 is 0. The second-order valence-corrected chi connectivity index (χ2v) is 8.51. The quantitative estimate of drug-likeness (QED) is 0.590. The SMILES string of the molecule is COc1ccc(S(=O)(=O)N[C@@H](C)C(=O)NCCCOC2CCCCC2)cc1. The molecule has 1 fully saturated rings. The Morgan fingerprint density at radius 1 is 1.19 bits per heavy atom. The van der Waals surface area contributed by atoms with E-state index in [0.717, 1.165) is 12.8 Å². The van der Waals surface area contributed by atoms with E-state index < -0.39 is 16.1 Å². The van der Waals surface area contributed by atoms with Crippen molar-refractivity contribution in [2.24, 2.45) is 0 Å². The molecule has 1 aliphatic carbocycles. The number of methoxy groups -OCH3 is 1. The first-order chi connectivity index (χ1) is 12.9. The molecule has 1 saturated carbocycles. The van der Waals surface area contributed by atoms with Gasteiger partial charge in [0.2, 0.25) is 15.9 Å². The van der Waals surface area contributed by atoms with E-state index in [1.165, 1.54) is 45.4 Å². The minimum absolute atomic E-state index is 0.0869. The Morgan fingerprint density at radius 3 is 2.48 bits per heavy atom. The molecule has 0 spiro atoms. The van der Waals surface area contributed by atoms with Gasteiger partial charge in [0.25, 0.3) is 0 Å². The third-order valence-electron chi connectivity index (χ3n) is 4.62. The largest absolute Gasteiger partial charge is 0.497 e. The Morgan fingerprint density at radius 2 is 1.85 bits per heavy atom. The number of rotatable bonds is 10. The summed E-state index contributed by atoms with van der Waals surface area (Å²) in [5.41, 5.74) is 0. The number of hydrogen-bond donors (Lipinski definition) is 2. The first-order valence-corrected chi connectivity index (χ1v) is 11.0. The zero-order chi connectivity index (χ0) is 19.7. The van der Waals surface area contributed by atoms with E-state index >= 15 is 0 Å². The maximum Gasteiger partial charge on any atom is 0.241 e. The van der Waals surface area contributed by atoms with Crippen LogP contribution in [0.25, 0.3) is 0 Å². The molecular formula is C19H30N2O5S. The Kier molecular flexibility index (Phi) is 8.53. The van der Waals surface area contributed by atoms with Crippen LogP contribution in [0.15, 0.2) is 29.2 Å². The Hall–Kier alpha value is -1.64. The summed E-state index contributed by atoms with van der Waals surface area (Å²) < 4.78 is 37.9. The molecule has 0 radical (unpaired) electrons. The number of ether oxygens (including phenoxy) is 2. The number of carbonyl (C=O) groups excluding carboxylic acids is 1. The van der Waals surface area contributed by atoms with Crippen molar-refractivity contribution in [1.29, 1.82) is 0 Å². The van der Waals surface area contributed by atoms with Crippen molar-refractivity contribution in [3.05, 3.63) is 24.3 Å². The molecule has 1 aromatic rings. The van der Waals surface area contributed by atoms with Gasteiger partial charge in [-0.3, -0.25) is 4.79 Å². The highest BCUT2D eigenvalue weighted by molar-refractivity contribution is 7.89. The maximum absolute atomic E-state index is 12.3. The minimum Gasteiger partial charge on any atom is -0.497 e. The monoisotopic (exact) mass is 398 g/mol. The summed E-state index contributed by atoms with van der Waals surface area (Å²) in [4.78, 5) is 12.2. The molecule has 0 heterocycles. The highest BCUT2D eigenvalue weighted by Gasteiger charge is 2.22. The summed E-state index contributed by atoms with van der Waals surface area (Å²) in [7, 11) is -2.26. The molecule has 0 aliphatic heterocycles. The van der Waals surface area contributed by atoms with E-state index in [-0.39, 0.29) is 10.8 Å². The van der Waals surface area contributed by atoms with Crippen LogP contribution in [0.1, 0.15) is 45.4 Å². The zero-order valence-corrected chi connectivity index (χ0v) is 16.9. The second-order valence-electron chi connectivity index (χ2n) is 6.79. The van der Waals surface area contributed by atoms with Gasteiger partial charge in [0.05, 0.1) is 24.2 Å². The van der Waals surface area contributed by atoms with Gasteiger partial charge in [-0.15, -0.1) is 0 Å². The van der Waals surface area contributed by atoms with Gasteiger partial charge in [-0.05, 0) is 50.5 Å². The predicted molar refractivity (Wildman–Crippen MR) is 103 cm³/mol. The van der Waals surface area contributed by atoms with Crippen LogP contribution < -0.4 is 14.8 Å². The van der Waals surface area contributed by atoms with Gasteiger partial charge in [0.15, 0.2) is 0 Å². The van der Waals surface area contributed by atoms with Crippen molar-refractivity contribution in [2.45, 2.75) is 62.5 Å². The molecule has 0 aromatic heterocycles. The molecule has 1 aliphatic rings. The Balaban J connectivity index is 1.70. The summed E-state index contributed by atoms with van der Waals surface area (Å²) in [6.45, 7) is 2.59. The van der Waals surface area contributed by atoms with Gasteiger partial charge >= 0.3 is 0 Å². The first-order valence-electron chi connectivity index (χ1n) is 9.48. The van der Waals surface area contributed by atoms with Crippen molar-refractivity contribution in [3.8, 4) is 5.75 Å². The predicted octanol–water partition coefficient (Wildman–Crippen LogP) is 2.22. The third kappa shape index (κ3) is 7.12. The number of carbonyl (C=O) groups is 1. The van der Waals surface area contributed by atoms with Crippen LogP contribution >= 0.6 is 0 Å². The standard InChI is InChI=1S/C19H30N2O5S/c1-15(21-27(23,24)18-11-9-16(25-2)10-12-18)19(22)20-13-6-14-26-17-7-4-3-5-8-17/h9-12,15,17,21H,3-8,13-14H2,1-2H3,(H,20,22)/t15-/m0/s1. The van der Waals surface area contributed by atoms with E-state index in [4.69, 9.17) is 9.47 Å². The summed E-state index contributed by atoms with van der Waals surface area (Å²) in [5.74, 6) is 0.208. The summed E-state index contributed by atoms with van der Waals surface area (Å²) in [6.07, 6.45) is 7.05. The third-order valence-corrected chi connectivity index (χ3v) is 6.18. The molecule has 152 valence electrons. The fourth-order valence-electron chi connectivity index (χ4n) is 3.03. The lowest BCUT2D eigenvalue weighted by molar-refractivity contribution is -0.122. The lowest BCUT2D eigenvalue weighted by Crippen LogP contribution is -2.45. The molecule has 27 heavy (non-hydrogen) atoms. The van der Waals surface area contributed by atoms with Crippen LogP contribution in [-0.2, 0) is 19.6 Å². The molecule has 0 bridgehead atoms. The van der Waals surface area contributed by atoms with Crippen LogP contribution in [0.2, 0.25) is 0 Å². The van der Waals surface area contributed by atoms with E-state index in [2.05, 4.69) is 10.0 Å². The first kappa shape index (κ1) is 21.7. The lowest BCUT2D eigenvalue weighted by atomic mass is 9.98. The smallest absolute Gasteiger partial charge is 0.241 e. The number of hydrogen-bond acceptors (Lipinski definition) is 5. The lowest BCUT2D eigenvalue weighted by Gasteiger charge is -2.22. The van der Waals surface area contributed by atoms with Crippen LogP contribution in [0.3, 0.4) is 0 Å². The van der Waals surface area contributed by atoms with E-state index in [0.29, 0.717) is 31.4 Å². The molecule has 8 heteroatoms. The van der Waals surface area contributed by atoms with Crippen LogP contribution in [-0.4, -0.2) is 46.7 Å². The highest BCUT2D eigenvalue weighted by Crippen LogP contribution is 2.20. The average molecular weight is 399 g/mol. The van der Waals surface area contributed by atoms with Crippen molar-refractivity contribution < 1.29 is 22.7 Å². The normalized spacial score (nSPS) is 16.7. The van der Waals surface area contributed by atoms with Gasteiger partial charge in [0, 0.05) is 13.2 Å². The molecule has 7 nitrogen and oxygen atoms in total. The number of amides is 1. The van der Waals surface area contributed by atoms with Crippen molar-refractivity contribution in [3.63, 3.8) is 0 Å². The molecule has 1 amide bonds. The van der Waals surface area contributed by atoms with E-state index in [1.54, 1.807) is 12.1 Å². The summed E-state index contributed by atoms with van der Waals surface area (Å²) in [6, 6.07) is 5.14. The average Bonchev–Trinajstić information content (AvgIpc) is 2.68. The molecule has 2 rings (SSSR count). The molecule has 1 aromatic carbocycles. The van der Waals surface area contributed by atoms with Crippen LogP contribution in [0.5, 0.6) is 5.75 Å². The van der Waals surface area contributed by atoms with Gasteiger partial charge in [-0.25, -0.2) is 8.42 Å². The topological polar surface area (TPSA) is 93.7 Å². The minimum atomic E-state index is -3.77. The highest BCUT2D eigenvalue weighted by atomic mass is 32.2. The fraction of sp³-hybridized carbons (Fsp3) is 0.632. The van der Waals surface area contributed by atoms with Crippen LogP contribution in [0, 0.1) is 0 Å². The molecule has 1 atom stereocenters. The Labute approximate surface area is 161 Å². The van der Waals surface area contributed by atoms with Crippen molar-refractivity contribution >= 4 is 15.9 Å². The van der Waals surface area contributed by atoms with E-state index in [9.17, 15) is 13.2 Å².